The van der Waals surface area contributed by atoms with E-state index in [4.69, 9.17) is 9.47 Å². The third kappa shape index (κ3) is 6.48. The second-order valence-electron chi connectivity index (χ2n) is 6.51. The van der Waals surface area contributed by atoms with Gasteiger partial charge < -0.3 is 20.1 Å². The summed E-state index contributed by atoms with van der Waals surface area (Å²) in [7, 11) is 3.39. The first kappa shape index (κ1) is 21.1. The molecule has 0 fully saturated rings. The van der Waals surface area contributed by atoms with Gasteiger partial charge in [-0.25, -0.2) is 9.37 Å². The maximum Gasteiger partial charge on any atom is 0.219 e. The summed E-state index contributed by atoms with van der Waals surface area (Å²) in [5.41, 5.74) is 2.20. The molecule has 3 rings (SSSR count). The lowest BCUT2D eigenvalue weighted by Crippen LogP contribution is -2.37. The number of aliphatic imine (C=N–C) groups is 1. The van der Waals surface area contributed by atoms with E-state index in [9.17, 15) is 4.39 Å². The molecule has 2 aromatic carbocycles. The fourth-order valence-corrected chi connectivity index (χ4v) is 2.76. The van der Waals surface area contributed by atoms with Crippen molar-refractivity contribution in [3.8, 4) is 17.4 Å². The monoisotopic (exact) mass is 408 g/mol. The lowest BCUT2D eigenvalue weighted by atomic mass is 10.1. The maximum absolute atomic E-state index is 13.0. The Morgan fingerprint density at radius 1 is 0.967 bits per heavy atom. The molecule has 30 heavy (non-hydrogen) atoms. The van der Waals surface area contributed by atoms with Gasteiger partial charge in [0.1, 0.15) is 17.3 Å². The van der Waals surface area contributed by atoms with Gasteiger partial charge in [-0.05, 0) is 60.0 Å². The Bertz CT molecular complexity index is 960. The second-order valence-corrected chi connectivity index (χ2v) is 6.51. The highest BCUT2D eigenvalue weighted by atomic mass is 19.1. The number of pyridine rings is 1. The summed E-state index contributed by atoms with van der Waals surface area (Å²) >= 11 is 0. The second kappa shape index (κ2) is 10.8. The Morgan fingerprint density at radius 3 is 2.40 bits per heavy atom. The van der Waals surface area contributed by atoms with E-state index < -0.39 is 0 Å². The van der Waals surface area contributed by atoms with Crippen molar-refractivity contribution in [1.29, 1.82) is 0 Å². The number of hydrogen-bond donors (Lipinski definition) is 2. The summed E-state index contributed by atoms with van der Waals surface area (Å²) in [4.78, 5) is 8.45. The molecule has 156 valence electrons. The number of rotatable bonds is 8. The van der Waals surface area contributed by atoms with Gasteiger partial charge in [-0.1, -0.05) is 12.1 Å². The van der Waals surface area contributed by atoms with E-state index in [2.05, 4.69) is 32.7 Å². The summed E-state index contributed by atoms with van der Waals surface area (Å²) in [5.74, 6) is 2.23. The van der Waals surface area contributed by atoms with E-state index in [0.717, 1.165) is 24.3 Å². The number of guanidine groups is 1. The Balaban J connectivity index is 1.47. The number of nitrogens with zero attached hydrogens (tertiary/aromatic N) is 2. The molecule has 0 saturated heterocycles. The first-order chi connectivity index (χ1) is 14.7. The van der Waals surface area contributed by atoms with E-state index in [0.29, 0.717) is 24.1 Å². The minimum absolute atomic E-state index is 0.306. The molecule has 3 aromatic rings. The Kier molecular flexibility index (Phi) is 7.60. The molecule has 0 spiro atoms. The van der Waals surface area contributed by atoms with Crippen molar-refractivity contribution in [2.45, 2.75) is 13.0 Å². The van der Waals surface area contributed by atoms with Crippen LogP contribution in [0.2, 0.25) is 0 Å². The zero-order valence-electron chi connectivity index (χ0n) is 17.1. The van der Waals surface area contributed by atoms with Gasteiger partial charge >= 0.3 is 0 Å². The quantitative estimate of drug-likeness (QED) is 0.437. The first-order valence-electron chi connectivity index (χ1n) is 9.62. The molecular formula is C23H25FN4O2. The summed E-state index contributed by atoms with van der Waals surface area (Å²) in [6, 6.07) is 17.6. The van der Waals surface area contributed by atoms with Crippen molar-refractivity contribution in [3.05, 3.63) is 83.8 Å². The smallest absolute Gasteiger partial charge is 0.219 e. The normalized spacial score (nSPS) is 11.1. The molecule has 0 atom stereocenters. The van der Waals surface area contributed by atoms with Crippen molar-refractivity contribution < 1.29 is 13.9 Å². The van der Waals surface area contributed by atoms with Crippen molar-refractivity contribution in [3.63, 3.8) is 0 Å². The number of methoxy groups -OCH3 is 1. The number of benzene rings is 2. The SMILES string of the molecule is CN=C(NCCc1ccc(OC)cc1)NCc1ccnc(Oc2ccc(F)cc2)c1. The van der Waals surface area contributed by atoms with Crippen LogP contribution in [0.4, 0.5) is 4.39 Å². The highest BCUT2D eigenvalue weighted by Gasteiger charge is 2.03. The molecule has 1 heterocycles. The number of hydrogen-bond acceptors (Lipinski definition) is 4. The molecule has 0 radical (unpaired) electrons. The average Bonchev–Trinajstić information content (AvgIpc) is 2.78. The van der Waals surface area contributed by atoms with Crippen molar-refractivity contribution in [2.75, 3.05) is 20.7 Å². The minimum Gasteiger partial charge on any atom is -0.497 e. The van der Waals surface area contributed by atoms with Crippen LogP contribution in [0, 0.1) is 5.82 Å². The number of ether oxygens (including phenoxy) is 2. The minimum atomic E-state index is -0.306. The van der Waals surface area contributed by atoms with Gasteiger partial charge in [0, 0.05) is 32.4 Å². The third-order valence-corrected chi connectivity index (χ3v) is 4.38. The Hall–Kier alpha value is -3.61. The molecule has 0 amide bonds. The molecule has 6 nitrogen and oxygen atoms in total. The van der Waals surface area contributed by atoms with Crippen LogP contribution in [-0.2, 0) is 13.0 Å². The topological polar surface area (TPSA) is 67.8 Å². The van der Waals surface area contributed by atoms with Crippen molar-refractivity contribution >= 4 is 5.96 Å². The first-order valence-corrected chi connectivity index (χ1v) is 9.62. The van der Waals surface area contributed by atoms with E-state index in [1.165, 1.54) is 17.7 Å². The predicted octanol–water partition coefficient (Wildman–Crippen LogP) is 3.93. The van der Waals surface area contributed by atoms with Crippen LogP contribution in [0.5, 0.6) is 17.4 Å². The van der Waals surface area contributed by atoms with Gasteiger partial charge in [-0.3, -0.25) is 4.99 Å². The van der Waals surface area contributed by atoms with Crippen LogP contribution in [0.25, 0.3) is 0 Å². The maximum atomic E-state index is 13.0. The standard InChI is InChI=1S/C23H25FN4O2/c1-25-23(27-14-11-17-3-7-20(29-2)8-4-17)28-16-18-12-13-26-22(15-18)30-21-9-5-19(24)6-10-21/h3-10,12-13,15H,11,14,16H2,1-2H3,(H2,25,27,28). The lowest BCUT2D eigenvalue weighted by Gasteiger charge is -2.13. The third-order valence-electron chi connectivity index (χ3n) is 4.38. The fraction of sp³-hybridized carbons (Fsp3) is 0.217. The molecule has 0 saturated carbocycles. The summed E-state index contributed by atoms with van der Waals surface area (Å²) in [6.45, 7) is 1.31. The van der Waals surface area contributed by atoms with E-state index in [1.54, 1.807) is 32.5 Å². The zero-order chi connectivity index (χ0) is 21.2. The van der Waals surface area contributed by atoms with Crippen LogP contribution in [0.3, 0.4) is 0 Å². The van der Waals surface area contributed by atoms with E-state index in [-0.39, 0.29) is 5.82 Å². The van der Waals surface area contributed by atoms with Gasteiger partial charge in [0.15, 0.2) is 5.96 Å². The Morgan fingerprint density at radius 2 is 1.70 bits per heavy atom. The number of aromatic nitrogens is 1. The van der Waals surface area contributed by atoms with Gasteiger partial charge in [0.2, 0.25) is 5.88 Å². The molecule has 0 unspecified atom stereocenters. The van der Waals surface area contributed by atoms with Gasteiger partial charge in [-0.15, -0.1) is 0 Å². The highest BCUT2D eigenvalue weighted by molar-refractivity contribution is 5.79. The van der Waals surface area contributed by atoms with Gasteiger partial charge in [-0.2, -0.15) is 0 Å². The van der Waals surface area contributed by atoms with Crippen LogP contribution < -0.4 is 20.1 Å². The molecule has 0 bridgehead atoms. The molecule has 2 N–H and O–H groups in total. The van der Waals surface area contributed by atoms with Crippen LogP contribution >= 0.6 is 0 Å². The Labute approximate surface area is 175 Å². The fourth-order valence-electron chi connectivity index (χ4n) is 2.76. The molecule has 1 aromatic heterocycles. The summed E-state index contributed by atoms with van der Waals surface area (Å²) in [6.07, 6.45) is 2.55. The number of nitrogens with one attached hydrogen (secondary N) is 2. The summed E-state index contributed by atoms with van der Waals surface area (Å²) < 4.78 is 23.9. The van der Waals surface area contributed by atoms with Crippen molar-refractivity contribution in [2.24, 2.45) is 4.99 Å². The molecule has 7 heteroatoms. The van der Waals surface area contributed by atoms with E-state index in [1.807, 2.05) is 24.3 Å². The lowest BCUT2D eigenvalue weighted by molar-refractivity contribution is 0.414. The molecule has 0 aliphatic carbocycles. The van der Waals surface area contributed by atoms with Crippen LogP contribution in [0.1, 0.15) is 11.1 Å². The van der Waals surface area contributed by atoms with Gasteiger partial charge in [0.05, 0.1) is 7.11 Å². The van der Waals surface area contributed by atoms with Crippen LogP contribution in [0.15, 0.2) is 71.9 Å². The highest BCUT2D eigenvalue weighted by Crippen LogP contribution is 2.20. The largest absolute Gasteiger partial charge is 0.497 e. The van der Waals surface area contributed by atoms with Crippen molar-refractivity contribution in [1.82, 2.24) is 15.6 Å². The summed E-state index contributed by atoms with van der Waals surface area (Å²) in [5, 5.41) is 6.58. The van der Waals surface area contributed by atoms with Gasteiger partial charge in [0.25, 0.3) is 0 Å². The predicted molar refractivity (Wildman–Crippen MR) is 116 cm³/mol. The molecule has 0 aliphatic heterocycles. The molecule has 0 aliphatic rings. The molecular weight excluding hydrogens is 383 g/mol. The van der Waals surface area contributed by atoms with E-state index >= 15 is 0 Å². The number of halogens is 1. The average molecular weight is 408 g/mol. The van der Waals surface area contributed by atoms with Crippen LogP contribution in [-0.4, -0.2) is 31.6 Å². The zero-order valence-corrected chi connectivity index (χ0v) is 17.1.